The van der Waals surface area contributed by atoms with Crippen LogP contribution in [-0.2, 0) is 5.41 Å². The number of hydrogen-bond donors (Lipinski definition) is 2. The standard InChI is InChI=1S/C19H22N2O/c22-17(15-4-2-1-3-5-15)8-11-21-19-12-18(13-19,14-19)16-6-9-20-10-7-16/h1-7,9-10,17,21-22H,8,11-14H2. The van der Waals surface area contributed by atoms with Crippen molar-refractivity contribution in [1.82, 2.24) is 10.3 Å². The number of nitrogens with zero attached hydrogens (tertiary/aromatic N) is 1. The van der Waals surface area contributed by atoms with Crippen LogP contribution in [0, 0.1) is 0 Å². The molecule has 1 heterocycles. The highest BCUT2D eigenvalue weighted by Crippen LogP contribution is 2.67. The molecule has 0 amide bonds. The Hall–Kier alpha value is -1.71. The maximum Gasteiger partial charge on any atom is 0.0802 e. The molecule has 3 nitrogen and oxygen atoms in total. The minimum absolute atomic E-state index is 0.333. The fraction of sp³-hybridized carbons (Fsp3) is 0.421. The molecule has 3 saturated carbocycles. The largest absolute Gasteiger partial charge is 0.388 e. The van der Waals surface area contributed by atoms with E-state index in [9.17, 15) is 5.11 Å². The van der Waals surface area contributed by atoms with Crippen LogP contribution in [0.25, 0.3) is 0 Å². The predicted octanol–water partition coefficient (Wildman–Crippen LogP) is 2.97. The third-order valence-corrected chi connectivity index (χ3v) is 5.43. The average Bonchev–Trinajstić information content (AvgIpc) is 2.50. The number of aromatic nitrogens is 1. The van der Waals surface area contributed by atoms with E-state index in [-0.39, 0.29) is 6.10 Å². The van der Waals surface area contributed by atoms with Crippen molar-refractivity contribution in [2.45, 2.75) is 42.7 Å². The Morgan fingerprint density at radius 1 is 1.05 bits per heavy atom. The summed E-state index contributed by atoms with van der Waals surface area (Å²) in [6.45, 7) is 0.877. The summed E-state index contributed by atoms with van der Waals surface area (Å²) in [4.78, 5) is 4.11. The lowest BCUT2D eigenvalue weighted by Gasteiger charge is -2.71. The Morgan fingerprint density at radius 3 is 2.41 bits per heavy atom. The van der Waals surface area contributed by atoms with Gasteiger partial charge in [-0.25, -0.2) is 0 Å². The molecule has 0 aliphatic heterocycles. The van der Waals surface area contributed by atoms with Crippen molar-refractivity contribution in [2.75, 3.05) is 6.54 Å². The molecule has 22 heavy (non-hydrogen) atoms. The zero-order valence-electron chi connectivity index (χ0n) is 12.7. The van der Waals surface area contributed by atoms with Crippen LogP contribution in [0.5, 0.6) is 0 Å². The van der Waals surface area contributed by atoms with Crippen LogP contribution >= 0.6 is 0 Å². The lowest BCUT2D eigenvalue weighted by molar-refractivity contribution is -0.0890. The Bertz CT molecular complexity index is 621. The van der Waals surface area contributed by atoms with Crippen LogP contribution in [0.3, 0.4) is 0 Å². The van der Waals surface area contributed by atoms with E-state index in [1.165, 1.54) is 24.8 Å². The van der Waals surface area contributed by atoms with E-state index in [1.807, 2.05) is 42.7 Å². The van der Waals surface area contributed by atoms with Gasteiger partial charge in [-0.3, -0.25) is 4.98 Å². The highest BCUT2D eigenvalue weighted by atomic mass is 16.3. The van der Waals surface area contributed by atoms with Gasteiger partial charge in [-0.1, -0.05) is 30.3 Å². The molecule has 3 fully saturated rings. The van der Waals surface area contributed by atoms with Gasteiger partial charge in [0.25, 0.3) is 0 Å². The first-order valence-electron chi connectivity index (χ1n) is 8.10. The molecule has 2 aromatic rings. The van der Waals surface area contributed by atoms with Crippen molar-refractivity contribution in [2.24, 2.45) is 0 Å². The van der Waals surface area contributed by atoms with Gasteiger partial charge in [0.1, 0.15) is 0 Å². The molecule has 3 aliphatic carbocycles. The summed E-state index contributed by atoms with van der Waals surface area (Å²) in [5.41, 5.74) is 3.19. The van der Waals surface area contributed by atoms with Crippen molar-refractivity contribution in [3.05, 3.63) is 66.0 Å². The fourth-order valence-electron chi connectivity index (χ4n) is 4.30. The summed E-state index contributed by atoms with van der Waals surface area (Å²) in [5.74, 6) is 0. The number of aliphatic hydroxyl groups is 1. The SMILES string of the molecule is OC(CCNC12CC(c3ccncc3)(C1)C2)c1ccccc1. The second kappa shape index (κ2) is 5.18. The van der Waals surface area contributed by atoms with Crippen molar-refractivity contribution >= 4 is 0 Å². The molecule has 1 aromatic carbocycles. The second-order valence-electron chi connectivity index (χ2n) is 6.97. The molecule has 114 valence electrons. The lowest BCUT2D eigenvalue weighted by atomic mass is 9.37. The van der Waals surface area contributed by atoms with Crippen molar-refractivity contribution < 1.29 is 5.11 Å². The summed E-state index contributed by atoms with van der Waals surface area (Å²) >= 11 is 0. The monoisotopic (exact) mass is 294 g/mol. The first-order chi connectivity index (χ1) is 10.7. The first-order valence-corrected chi connectivity index (χ1v) is 8.10. The molecule has 3 heteroatoms. The molecule has 1 atom stereocenters. The van der Waals surface area contributed by atoms with Crippen molar-refractivity contribution in [3.63, 3.8) is 0 Å². The van der Waals surface area contributed by atoms with Crippen LogP contribution in [0.2, 0.25) is 0 Å². The van der Waals surface area contributed by atoms with Gasteiger partial charge >= 0.3 is 0 Å². The summed E-state index contributed by atoms with van der Waals surface area (Å²) in [6.07, 6.45) is 7.88. The molecule has 0 spiro atoms. The van der Waals surface area contributed by atoms with E-state index < -0.39 is 0 Å². The van der Waals surface area contributed by atoms with Crippen LogP contribution in [0.4, 0.5) is 0 Å². The van der Waals surface area contributed by atoms with Gasteiger partial charge < -0.3 is 10.4 Å². The van der Waals surface area contributed by atoms with Gasteiger partial charge in [-0.05, 0) is 55.5 Å². The number of aliphatic hydroxyl groups excluding tert-OH is 1. The maximum absolute atomic E-state index is 10.2. The van der Waals surface area contributed by atoms with Gasteiger partial charge in [-0.2, -0.15) is 0 Å². The van der Waals surface area contributed by atoms with Crippen LogP contribution < -0.4 is 5.32 Å². The molecule has 0 radical (unpaired) electrons. The van der Waals surface area contributed by atoms with Crippen molar-refractivity contribution in [3.8, 4) is 0 Å². The van der Waals surface area contributed by atoms with E-state index in [0.717, 1.165) is 18.5 Å². The Labute approximate surface area is 131 Å². The minimum Gasteiger partial charge on any atom is -0.388 e. The normalized spacial score (nSPS) is 30.2. The third kappa shape index (κ3) is 2.25. The average molecular weight is 294 g/mol. The van der Waals surface area contributed by atoms with Crippen molar-refractivity contribution in [1.29, 1.82) is 0 Å². The topological polar surface area (TPSA) is 45.1 Å². The van der Waals surface area contributed by atoms with Gasteiger partial charge in [0.05, 0.1) is 6.10 Å². The molecule has 5 rings (SSSR count). The summed E-state index contributed by atoms with van der Waals surface area (Å²) < 4.78 is 0. The van der Waals surface area contributed by atoms with Gasteiger partial charge in [0, 0.05) is 23.3 Å². The number of rotatable bonds is 6. The van der Waals surface area contributed by atoms with E-state index in [2.05, 4.69) is 22.4 Å². The first kappa shape index (κ1) is 13.9. The summed E-state index contributed by atoms with van der Waals surface area (Å²) in [5, 5.41) is 13.9. The van der Waals surface area contributed by atoms with Gasteiger partial charge in [0.2, 0.25) is 0 Å². The Kier molecular flexibility index (Phi) is 3.28. The number of hydrogen-bond acceptors (Lipinski definition) is 3. The smallest absolute Gasteiger partial charge is 0.0802 e. The molecular weight excluding hydrogens is 272 g/mol. The number of benzene rings is 1. The molecule has 3 aliphatic rings. The van der Waals surface area contributed by atoms with E-state index in [4.69, 9.17) is 0 Å². The van der Waals surface area contributed by atoms with E-state index in [1.54, 1.807) is 0 Å². The Morgan fingerprint density at radius 2 is 1.73 bits per heavy atom. The summed E-state index contributed by atoms with van der Waals surface area (Å²) in [6, 6.07) is 14.2. The summed E-state index contributed by atoms with van der Waals surface area (Å²) in [7, 11) is 0. The van der Waals surface area contributed by atoms with E-state index in [0.29, 0.717) is 11.0 Å². The van der Waals surface area contributed by atoms with Gasteiger partial charge in [-0.15, -0.1) is 0 Å². The molecule has 2 bridgehead atoms. The van der Waals surface area contributed by atoms with Gasteiger partial charge in [0.15, 0.2) is 0 Å². The molecular formula is C19H22N2O. The maximum atomic E-state index is 10.2. The second-order valence-corrected chi connectivity index (χ2v) is 6.97. The number of pyridine rings is 1. The quantitative estimate of drug-likeness (QED) is 0.861. The number of nitrogens with one attached hydrogen (secondary N) is 1. The minimum atomic E-state index is -0.366. The fourth-order valence-corrected chi connectivity index (χ4v) is 4.30. The predicted molar refractivity (Wildman–Crippen MR) is 86.5 cm³/mol. The zero-order chi connectivity index (χ0) is 15.0. The van der Waals surface area contributed by atoms with Crippen LogP contribution in [-0.4, -0.2) is 22.2 Å². The molecule has 1 aromatic heterocycles. The molecule has 0 saturated heterocycles. The molecule has 2 N–H and O–H groups in total. The lowest BCUT2D eigenvalue weighted by Crippen LogP contribution is -2.76. The van der Waals surface area contributed by atoms with E-state index >= 15 is 0 Å². The zero-order valence-corrected chi connectivity index (χ0v) is 12.7. The highest BCUT2D eigenvalue weighted by molar-refractivity contribution is 5.40. The van der Waals surface area contributed by atoms with Crippen LogP contribution in [0.15, 0.2) is 54.9 Å². The van der Waals surface area contributed by atoms with Crippen LogP contribution in [0.1, 0.15) is 42.9 Å². The highest BCUT2D eigenvalue weighted by Gasteiger charge is 2.67. The third-order valence-electron chi connectivity index (χ3n) is 5.43. The molecule has 1 unspecified atom stereocenters. The Balaban J connectivity index is 1.26.